The molecule has 0 fully saturated rings. The molecule has 3 aromatic rings. The van der Waals surface area contributed by atoms with E-state index in [9.17, 15) is 9.90 Å². The molecule has 0 saturated carbocycles. The van der Waals surface area contributed by atoms with Crippen molar-refractivity contribution < 1.29 is 14.3 Å². The van der Waals surface area contributed by atoms with Crippen molar-refractivity contribution in [3.63, 3.8) is 0 Å². The summed E-state index contributed by atoms with van der Waals surface area (Å²) < 4.78 is 5.95. The van der Waals surface area contributed by atoms with Crippen LogP contribution in [0, 0.1) is 0 Å². The molecule has 33 heavy (non-hydrogen) atoms. The van der Waals surface area contributed by atoms with E-state index in [4.69, 9.17) is 4.42 Å². The second-order valence-corrected chi connectivity index (χ2v) is 8.71. The van der Waals surface area contributed by atoms with Crippen molar-refractivity contribution >= 4 is 23.5 Å². The first-order valence-electron chi connectivity index (χ1n) is 11.2. The Balaban J connectivity index is 1.63. The Hall–Kier alpha value is -3.04. The predicted octanol–water partition coefficient (Wildman–Crippen LogP) is 4.75. The van der Waals surface area contributed by atoms with Crippen LogP contribution in [0.5, 0.6) is 5.75 Å². The molecular weight excluding hydrogens is 438 g/mol. The summed E-state index contributed by atoms with van der Waals surface area (Å²) >= 11 is 1.61. The summed E-state index contributed by atoms with van der Waals surface area (Å²) in [5, 5.41) is 24.1. The molecule has 3 rings (SSSR count). The maximum Gasteiger partial charge on any atom is 0.319 e. The fourth-order valence-corrected chi connectivity index (χ4v) is 4.32. The molecule has 0 aliphatic rings. The molecule has 0 radical (unpaired) electrons. The third kappa shape index (κ3) is 6.72. The van der Waals surface area contributed by atoms with Gasteiger partial charge < -0.3 is 25.1 Å². The van der Waals surface area contributed by atoms with Gasteiger partial charge in [0.15, 0.2) is 0 Å². The van der Waals surface area contributed by atoms with Crippen LogP contribution in [0.15, 0.2) is 52.9 Å². The van der Waals surface area contributed by atoms with Crippen LogP contribution in [0.25, 0.3) is 11.5 Å². The summed E-state index contributed by atoms with van der Waals surface area (Å²) in [6.07, 6.45) is 0. The quantitative estimate of drug-likeness (QED) is 0.372. The highest BCUT2D eigenvalue weighted by molar-refractivity contribution is 7.99. The zero-order valence-electron chi connectivity index (χ0n) is 19.2. The van der Waals surface area contributed by atoms with E-state index in [1.54, 1.807) is 36.0 Å². The zero-order chi connectivity index (χ0) is 23.6. The van der Waals surface area contributed by atoms with Crippen molar-refractivity contribution in [2.24, 2.45) is 0 Å². The van der Waals surface area contributed by atoms with Gasteiger partial charge in [-0.15, -0.1) is 22.0 Å². The molecular formula is C24H31N5O3S. The van der Waals surface area contributed by atoms with Crippen LogP contribution < -0.4 is 10.6 Å². The number of carbonyl (C=O) groups excluding carboxylic acids is 1. The van der Waals surface area contributed by atoms with Crippen LogP contribution in [0.3, 0.4) is 0 Å². The third-order valence-corrected chi connectivity index (χ3v) is 6.34. The lowest BCUT2D eigenvalue weighted by molar-refractivity contribution is 0.248. The molecule has 1 unspecified atom stereocenters. The molecule has 0 aliphatic heterocycles. The van der Waals surface area contributed by atoms with Gasteiger partial charge >= 0.3 is 6.03 Å². The van der Waals surface area contributed by atoms with Crippen molar-refractivity contribution in [2.45, 2.75) is 26.0 Å². The second kappa shape index (κ2) is 12.3. The maximum atomic E-state index is 12.1. The van der Waals surface area contributed by atoms with E-state index < -0.39 is 0 Å². The number of aromatic nitrogens is 2. The van der Waals surface area contributed by atoms with Gasteiger partial charge in [0.1, 0.15) is 11.0 Å². The van der Waals surface area contributed by atoms with E-state index in [1.807, 2.05) is 31.2 Å². The number of carbonyl (C=O) groups is 1. The number of para-hydroxylation sites is 1. The highest BCUT2D eigenvalue weighted by atomic mass is 32.2. The van der Waals surface area contributed by atoms with E-state index in [0.29, 0.717) is 24.0 Å². The first-order chi connectivity index (χ1) is 16.0. The topological polar surface area (TPSA) is 104 Å². The summed E-state index contributed by atoms with van der Waals surface area (Å²) in [7, 11) is 0. The van der Waals surface area contributed by atoms with Gasteiger partial charge in [-0.05, 0) is 49.2 Å². The Labute approximate surface area is 198 Å². The van der Waals surface area contributed by atoms with Gasteiger partial charge in [0.25, 0.3) is 0 Å². The van der Waals surface area contributed by atoms with Crippen molar-refractivity contribution in [1.82, 2.24) is 20.4 Å². The summed E-state index contributed by atoms with van der Waals surface area (Å²) in [4.78, 5) is 14.4. The fourth-order valence-electron chi connectivity index (χ4n) is 3.37. The lowest BCUT2D eigenvalue weighted by Crippen LogP contribution is -2.36. The van der Waals surface area contributed by atoms with Gasteiger partial charge in [0, 0.05) is 29.9 Å². The molecule has 0 bridgehead atoms. The van der Waals surface area contributed by atoms with Crippen LogP contribution in [0.2, 0.25) is 0 Å². The van der Waals surface area contributed by atoms with Gasteiger partial charge in [-0.2, -0.15) is 0 Å². The van der Waals surface area contributed by atoms with Crippen LogP contribution in [-0.2, 0) is 0 Å². The van der Waals surface area contributed by atoms with E-state index in [-0.39, 0.29) is 17.0 Å². The number of urea groups is 1. The van der Waals surface area contributed by atoms with E-state index in [0.717, 1.165) is 36.5 Å². The molecule has 2 aromatic carbocycles. The third-order valence-electron chi connectivity index (χ3n) is 5.22. The summed E-state index contributed by atoms with van der Waals surface area (Å²) in [5.41, 5.74) is 2.16. The standard InChI is InChI=1S/C24H31N5O3S/c1-4-29(5-2)16-15-25-24(31)26-18-13-11-17(12-14-18)22-27-28-23(32-22)21(33-6-3)19-9-7-8-10-20(19)30/h7-14,21,30H,4-6,15-16H2,1-3H3,(H2,25,26,31). The normalized spacial score (nSPS) is 12.0. The predicted molar refractivity (Wildman–Crippen MR) is 133 cm³/mol. The lowest BCUT2D eigenvalue weighted by Gasteiger charge is -2.18. The molecule has 3 N–H and O–H groups in total. The van der Waals surface area contributed by atoms with Crippen LogP contribution in [0.1, 0.15) is 37.5 Å². The van der Waals surface area contributed by atoms with E-state index in [2.05, 4.69) is 39.6 Å². The van der Waals surface area contributed by atoms with Gasteiger partial charge in [-0.3, -0.25) is 0 Å². The molecule has 0 spiro atoms. The van der Waals surface area contributed by atoms with Crippen molar-refractivity contribution in [1.29, 1.82) is 0 Å². The number of anilines is 1. The average molecular weight is 470 g/mol. The van der Waals surface area contributed by atoms with E-state index in [1.165, 1.54) is 0 Å². The first kappa shape index (κ1) is 24.6. The summed E-state index contributed by atoms with van der Waals surface area (Å²) in [5.74, 6) is 1.85. The Bertz CT molecular complexity index is 1020. The minimum Gasteiger partial charge on any atom is -0.508 e. The number of phenolic OH excluding ortho intramolecular Hbond substituents is 1. The van der Waals surface area contributed by atoms with Gasteiger partial charge in [0.2, 0.25) is 11.8 Å². The molecule has 9 heteroatoms. The number of thioether (sulfide) groups is 1. The molecule has 1 heterocycles. The number of hydrogen-bond acceptors (Lipinski definition) is 7. The number of nitrogens with zero attached hydrogens (tertiary/aromatic N) is 3. The molecule has 2 amide bonds. The molecule has 0 saturated heterocycles. The number of benzene rings is 2. The number of likely N-dealkylation sites (N-methyl/N-ethyl adjacent to an activating group) is 1. The Kier molecular flexibility index (Phi) is 9.14. The fraction of sp³-hybridized carbons (Fsp3) is 0.375. The average Bonchev–Trinajstić information content (AvgIpc) is 3.31. The molecule has 0 aliphatic carbocycles. The molecule has 176 valence electrons. The van der Waals surface area contributed by atoms with Gasteiger partial charge in [0.05, 0.1) is 0 Å². The molecule has 1 atom stereocenters. The highest BCUT2D eigenvalue weighted by Crippen LogP contribution is 2.39. The van der Waals surface area contributed by atoms with Gasteiger partial charge in [-0.25, -0.2) is 4.79 Å². The number of rotatable bonds is 11. The first-order valence-corrected chi connectivity index (χ1v) is 12.2. The van der Waals surface area contributed by atoms with Gasteiger partial charge in [-0.1, -0.05) is 39.0 Å². The van der Waals surface area contributed by atoms with Crippen molar-refractivity contribution in [3.05, 3.63) is 60.0 Å². The Morgan fingerprint density at radius 1 is 1.09 bits per heavy atom. The molecule has 8 nitrogen and oxygen atoms in total. The second-order valence-electron chi connectivity index (χ2n) is 7.32. The van der Waals surface area contributed by atoms with Crippen LogP contribution >= 0.6 is 11.8 Å². The Morgan fingerprint density at radius 2 is 1.82 bits per heavy atom. The minimum atomic E-state index is -0.251. The van der Waals surface area contributed by atoms with Crippen molar-refractivity contribution in [2.75, 3.05) is 37.2 Å². The highest BCUT2D eigenvalue weighted by Gasteiger charge is 2.23. The van der Waals surface area contributed by atoms with Crippen LogP contribution in [-0.4, -0.2) is 58.2 Å². The van der Waals surface area contributed by atoms with Crippen molar-refractivity contribution in [3.8, 4) is 17.2 Å². The number of aromatic hydroxyl groups is 1. The number of phenols is 1. The zero-order valence-corrected chi connectivity index (χ0v) is 20.1. The minimum absolute atomic E-state index is 0.203. The maximum absolute atomic E-state index is 12.1. The number of amides is 2. The largest absolute Gasteiger partial charge is 0.508 e. The lowest BCUT2D eigenvalue weighted by atomic mass is 10.1. The summed E-state index contributed by atoms with van der Waals surface area (Å²) in [6, 6.07) is 14.2. The monoisotopic (exact) mass is 469 g/mol. The SMILES string of the molecule is CCSC(c1nnc(-c2ccc(NC(=O)NCCN(CC)CC)cc2)o1)c1ccccc1O. The Morgan fingerprint density at radius 3 is 2.48 bits per heavy atom. The smallest absolute Gasteiger partial charge is 0.319 e. The van der Waals surface area contributed by atoms with E-state index >= 15 is 0 Å². The van der Waals surface area contributed by atoms with Crippen LogP contribution in [0.4, 0.5) is 10.5 Å². The molecule has 1 aromatic heterocycles. The number of hydrogen-bond donors (Lipinski definition) is 3. The summed E-state index contributed by atoms with van der Waals surface area (Å²) in [6.45, 7) is 9.57. The number of nitrogens with one attached hydrogen (secondary N) is 2.